The van der Waals surface area contributed by atoms with E-state index in [0.29, 0.717) is 5.69 Å². The van der Waals surface area contributed by atoms with Crippen LogP contribution in [0, 0.1) is 6.92 Å². The summed E-state index contributed by atoms with van der Waals surface area (Å²) in [6, 6.07) is 3.59. The number of carbonyl (C=O) groups excluding carboxylic acids is 2. The first-order valence-electron chi connectivity index (χ1n) is 6.74. The number of hydrogen-bond acceptors (Lipinski definition) is 6. The number of hydrogen-bond donors (Lipinski definition) is 1. The number of rotatable bonds is 6. The minimum atomic E-state index is -0.631. The highest BCUT2D eigenvalue weighted by atomic mass is 16.5. The van der Waals surface area contributed by atoms with Crippen molar-refractivity contribution >= 4 is 17.6 Å². The molecule has 0 aliphatic heterocycles. The molecule has 0 fully saturated rings. The van der Waals surface area contributed by atoms with E-state index < -0.39 is 11.9 Å². The van der Waals surface area contributed by atoms with Gasteiger partial charge in [-0.15, -0.1) is 0 Å². The summed E-state index contributed by atoms with van der Waals surface area (Å²) < 4.78 is 9.81. The molecule has 2 N–H and O–H groups in total. The maximum atomic E-state index is 12.0. The Morgan fingerprint density at radius 1 is 1.24 bits per heavy atom. The van der Waals surface area contributed by atoms with E-state index in [9.17, 15) is 9.59 Å². The lowest BCUT2D eigenvalue weighted by Crippen LogP contribution is -2.18. The smallest absolute Gasteiger partial charge is 0.336 e. The average molecular weight is 292 g/mol. The van der Waals surface area contributed by atoms with E-state index in [4.69, 9.17) is 15.2 Å². The molecule has 114 valence electrons. The molecule has 1 aromatic heterocycles. The minimum absolute atomic E-state index is 0.0668. The van der Waals surface area contributed by atoms with Gasteiger partial charge in [-0.05, 0) is 32.4 Å². The second kappa shape index (κ2) is 8.04. The van der Waals surface area contributed by atoms with E-state index in [2.05, 4.69) is 4.98 Å². The molecule has 0 atom stereocenters. The largest absolute Gasteiger partial charge is 0.466 e. The Bertz CT molecular complexity index is 552. The first kappa shape index (κ1) is 16.7. The quantitative estimate of drug-likeness (QED) is 0.632. The highest BCUT2D eigenvalue weighted by Crippen LogP contribution is 2.19. The van der Waals surface area contributed by atoms with Crippen LogP contribution in [-0.2, 0) is 19.1 Å². The topological polar surface area (TPSA) is 91.5 Å². The fourth-order valence-corrected chi connectivity index (χ4v) is 1.76. The average Bonchev–Trinajstić information content (AvgIpc) is 2.45. The Hall–Kier alpha value is -2.37. The van der Waals surface area contributed by atoms with Gasteiger partial charge in [-0.1, -0.05) is 6.07 Å². The second-order valence-electron chi connectivity index (χ2n) is 4.26. The zero-order valence-electron chi connectivity index (χ0n) is 12.5. The number of nitrogens with zero attached hydrogens (tertiary/aromatic N) is 1. The van der Waals surface area contributed by atoms with Gasteiger partial charge >= 0.3 is 11.9 Å². The van der Waals surface area contributed by atoms with E-state index >= 15 is 0 Å². The molecule has 0 radical (unpaired) electrons. The summed E-state index contributed by atoms with van der Waals surface area (Å²) in [4.78, 5) is 27.8. The standard InChI is InChI=1S/C15H20N2O4/c1-4-20-12(18)9-11(15(19)21-5-2)13(16)14-10(3)7-6-8-17-14/h6-8H,4-5,9,16H2,1-3H3. The summed E-state index contributed by atoms with van der Waals surface area (Å²) in [5, 5.41) is 0. The van der Waals surface area contributed by atoms with Gasteiger partial charge in [0.15, 0.2) is 0 Å². The highest BCUT2D eigenvalue weighted by Gasteiger charge is 2.21. The third kappa shape index (κ3) is 4.59. The number of ether oxygens (including phenoxy) is 2. The Balaban J connectivity index is 3.20. The van der Waals surface area contributed by atoms with Crippen LogP contribution in [0.4, 0.5) is 0 Å². The van der Waals surface area contributed by atoms with Crippen LogP contribution in [0.15, 0.2) is 23.9 Å². The van der Waals surface area contributed by atoms with Crippen molar-refractivity contribution in [1.82, 2.24) is 4.98 Å². The maximum Gasteiger partial charge on any atom is 0.336 e. The van der Waals surface area contributed by atoms with Crippen molar-refractivity contribution in [3.05, 3.63) is 35.2 Å². The van der Waals surface area contributed by atoms with Gasteiger partial charge in [0.05, 0.1) is 36.6 Å². The van der Waals surface area contributed by atoms with E-state index in [1.807, 2.05) is 13.0 Å². The predicted octanol–water partition coefficient (Wildman–Crippen LogP) is 1.58. The van der Waals surface area contributed by atoms with Crippen LogP contribution in [0.5, 0.6) is 0 Å². The van der Waals surface area contributed by atoms with Gasteiger partial charge in [-0.2, -0.15) is 0 Å². The zero-order valence-corrected chi connectivity index (χ0v) is 12.5. The van der Waals surface area contributed by atoms with Gasteiger partial charge in [0, 0.05) is 6.20 Å². The van der Waals surface area contributed by atoms with E-state index in [-0.39, 0.29) is 30.9 Å². The zero-order chi connectivity index (χ0) is 15.8. The van der Waals surface area contributed by atoms with Crippen molar-refractivity contribution in [3.63, 3.8) is 0 Å². The van der Waals surface area contributed by atoms with Gasteiger partial charge < -0.3 is 15.2 Å². The van der Waals surface area contributed by atoms with Crippen LogP contribution in [0.2, 0.25) is 0 Å². The van der Waals surface area contributed by atoms with Crippen LogP contribution >= 0.6 is 0 Å². The van der Waals surface area contributed by atoms with E-state index in [1.165, 1.54) is 0 Å². The molecular weight excluding hydrogens is 272 g/mol. The molecule has 0 aliphatic carbocycles. The molecule has 1 aromatic rings. The summed E-state index contributed by atoms with van der Waals surface area (Å²) in [6.45, 7) is 5.62. The monoisotopic (exact) mass is 292 g/mol. The molecule has 0 spiro atoms. The molecule has 0 aliphatic rings. The summed E-state index contributed by atoms with van der Waals surface area (Å²) in [6.07, 6.45) is 1.33. The molecule has 21 heavy (non-hydrogen) atoms. The molecule has 1 rings (SSSR count). The van der Waals surface area contributed by atoms with Crippen LogP contribution in [0.25, 0.3) is 5.70 Å². The van der Waals surface area contributed by atoms with E-state index in [1.54, 1.807) is 26.1 Å². The summed E-state index contributed by atoms with van der Waals surface area (Å²) in [7, 11) is 0. The third-order valence-electron chi connectivity index (χ3n) is 2.74. The Morgan fingerprint density at radius 3 is 2.48 bits per heavy atom. The number of nitrogens with two attached hydrogens (primary N) is 1. The summed E-state index contributed by atoms with van der Waals surface area (Å²) >= 11 is 0. The number of pyridine rings is 1. The SMILES string of the molecule is CCOC(=O)CC(C(=O)OCC)=C(N)c1ncccc1C. The molecule has 0 aromatic carbocycles. The number of aryl methyl sites for hydroxylation is 1. The maximum absolute atomic E-state index is 12.0. The lowest BCUT2D eigenvalue weighted by atomic mass is 10.1. The highest BCUT2D eigenvalue weighted by molar-refractivity contribution is 6.00. The van der Waals surface area contributed by atoms with Gasteiger partial charge in [0.1, 0.15) is 0 Å². The summed E-state index contributed by atoms with van der Waals surface area (Å²) in [5.74, 6) is -1.16. The fourth-order valence-electron chi connectivity index (χ4n) is 1.76. The molecule has 6 nitrogen and oxygen atoms in total. The van der Waals surface area contributed by atoms with Crippen LogP contribution < -0.4 is 5.73 Å². The normalized spacial score (nSPS) is 11.6. The van der Waals surface area contributed by atoms with Gasteiger partial charge in [0.2, 0.25) is 0 Å². The van der Waals surface area contributed by atoms with E-state index in [0.717, 1.165) is 5.56 Å². The predicted molar refractivity (Wildman–Crippen MR) is 78.0 cm³/mol. The molecular formula is C15H20N2O4. The van der Waals surface area contributed by atoms with Crippen molar-refractivity contribution in [1.29, 1.82) is 0 Å². The molecule has 0 saturated heterocycles. The number of esters is 2. The van der Waals surface area contributed by atoms with Crippen LogP contribution in [0.3, 0.4) is 0 Å². The molecule has 6 heteroatoms. The van der Waals surface area contributed by atoms with Crippen molar-refractivity contribution in [2.45, 2.75) is 27.2 Å². The minimum Gasteiger partial charge on any atom is -0.466 e. The second-order valence-corrected chi connectivity index (χ2v) is 4.26. The van der Waals surface area contributed by atoms with Crippen LogP contribution in [-0.4, -0.2) is 30.1 Å². The lowest BCUT2D eigenvalue weighted by Gasteiger charge is -2.12. The number of aromatic nitrogens is 1. The van der Waals surface area contributed by atoms with Crippen molar-refractivity contribution in [3.8, 4) is 0 Å². The third-order valence-corrected chi connectivity index (χ3v) is 2.74. The van der Waals surface area contributed by atoms with Crippen molar-refractivity contribution < 1.29 is 19.1 Å². The summed E-state index contributed by atoms with van der Waals surface area (Å²) in [5.41, 5.74) is 7.50. The van der Waals surface area contributed by atoms with Gasteiger partial charge in [-0.3, -0.25) is 9.78 Å². The molecule has 1 heterocycles. The first-order chi connectivity index (χ1) is 10.0. The Kier molecular flexibility index (Phi) is 6.39. The van der Waals surface area contributed by atoms with Crippen LogP contribution in [0.1, 0.15) is 31.5 Å². The first-order valence-corrected chi connectivity index (χ1v) is 6.74. The Morgan fingerprint density at radius 2 is 1.90 bits per heavy atom. The van der Waals surface area contributed by atoms with Gasteiger partial charge in [-0.25, -0.2) is 4.79 Å². The van der Waals surface area contributed by atoms with Crippen molar-refractivity contribution in [2.24, 2.45) is 5.73 Å². The van der Waals surface area contributed by atoms with Gasteiger partial charge in [0.25, 0.3) is 0 Å². The molecule has 0 bridgehead atoms. The fraction of sp³-hybridized carbons (Fsp3) is 0.400. The molecule has 0 unspecified atom stereocenters. The Labute approximate surface area is 124 Å². The van der Waals surface area contributed by atoms with Crippen molar-refractivity contribution in [2.75, 3.05) is 13.2 Å². The lowest BCUT2D eigenvalue weighted by molar-refractivity contribution is -0.145. The number of carbonyl (C=O) groups is 2. The molecule has 0 saturated carbocycles. The molecule has 0 amide bonds.